The summed E-state index contributed by atoms with van der Waals surface area (Å²) in [5.74, 6) is -1.55. The lowest BCUT2D eigenvalue weighted by Crippen LogP contribution is -2.35. The van der Waals surface area contributed by atoms with Gasteiger partial charge >= 0.3 is 12.1 Å². The Bertz CT molecular complexity index is 1150. The average molecular weight is 487 g/mol. The van der Waals surface area contributed by atoms with Crippen LogP contribution in [-0.2, 0) is 21.3 Å². The number of aryl methyl sites for hydroxylation is 1. The fraction of sp³-hybridized carbons (Fsp3) is 0.455. The Labute approximate surface area is 190 Å². The summed E-state index contributed by atoms with van der Waals surface area (Å²) in [5.41, 5.74) is 0.380. The number of carbonyl (C=O) groups excluding carboxylic acids is 2. The largest absolute Gasteiger partial charge is 0.454 e. The Hall–Kier alpha value is -2.66. The summed E-state index contributed by atoms with van der Waals surface area (Å²) in [6.45, 7) is 1.77. The van der Waals surface area contributed by atoms with Crippen LogP contribution in [0.5, 0.6) is 0 Å². The normalized spacial score (nSPS) is 15.4. The molecule has 0 atom stereocenters. The third-order valence-electron chi connectivity index (χ3n) is 5.57. The maximum absolute atomic E-state index is 12.8. The number of nitrogens with zero attached hydrogens (tertiary/aromatic N) is 2. The number of alkyl halides is 3. The Morgan fingerprint density at radius 1 is 1.06 bits per heavy atom. The second-order valence-electron chi connectivity index (χ2n) is 7.98. The third kappa shape index (κ3) is 5.83. The fourth-order valence-electron chi connectivity index (χ4n) is 3.84. The molecule has 0 radical (unpaired) electrons. The van der Waals surface area contributed by atoms with Crippen LogP contribution in [0.15, 0.2) is 35.2 Å². The lowest BCUT2D eigenvalue weighted by molar-refractivity contribution is -0.141. The van der Waals surface area contributed by atoms with Crippen molar-refractivity contribution in [2.24, 2.45) is 0 Å². The van der Waals surface area contributed by atoms with Gasteiger partial charge in [0.05, 0.1) is 10.5 Å². The molecule has 0 amide bonds. The van der Waals surface area contributed by atoms with Crippen LogP contribution in [0.1, 0.15) is 51.4 Å². The van der Waals surface area contributed by atoms with Crippen molar-refractivity contribution in [1.82, 2.24) is 8.87 Å². The van der Waals surface area contributed by atoms with Gasteiger partial charge in [-0.1, -0.05) is 12.5 Å². The predicted octanol–water partition coefficient (Wildman–Crippen LogP) is 3.88. The summed E-state index contributed by atoms with van der Waals surface area (Å²) in [6.07, 6.45) is -1.94. The molecular formula is C22H25F3N2O5S. The van der Waals surface area contributed by atoms with Crippen molar-refractivity contribution >= 4 is 21.8 Å². The number of esters is 1. The first kappa shape index (κ1) is 25.0. The van der Waals surface area contributed by atoms with E-state index in [2.05, 4.69) is 0 Å². The van der Waals surface area contributed by atoms with E-state index >= 15 is 0 Å². The molecule has 0 saturated carbocycles. The van der Waals surface area contributed by atoms with Crippen molar-refractivity contribution in [3.8, 4) is 0 Å². The van der Waals surface area contributed by atoms with Crippen LogP contribution in [0, 0.1) is 13.8 Å². The lowest BCUT2D eigenvalue weighted by atomic mass is 10.1. The summed E-state index contributed by atoms with van der Waals surface area (Å²) in [5, 5.41) is 0. The van der Waals surface area contributed by atoms with Crippen molar-refractivity contribution in [1.29, 1.82) is 0 Å². The molecule has 33 heavy (non-hydrogen) atoms. The molecule has 2 heterocycles. The summed E-state index contributed by atoms with van der Waals surface area (Å²) in [6, 6.07) is 6.70. The molecule has 7 nitrogen and oxygen atoms in total. The minimum atomic E-state index is -4.44. The van der Waals surface area contributed by atoms with Gasteiger partial charge < -0.3 is 9.30 Å². The topological polar surface area (TPSA) is 85.7 Å². The molecule has 1 saturated heterocycles. The molecule has 2 aromatic rings. The van der Waals surface area contributed by atoms with Crippen LogP contribution >= 0.6 is 0 Å². The van der Waals surface area contributed by atoms with Gasteiger partial charge in [-0.15, -0.1) is 0 Å². The van der Waals surface area contributed by atoms with Gasteiger partial charge in [-0.3, -0.25) is 4.79 Å². The van der Waals surface area contributed by atoms with Crippen molar-refractivity contribution in [3.63, 3.8) is 0 Å². The van der Waals surface area contributed by atoms with E-state index in [0.717, 1.165) is 23.8 Å². The van der Waals surface area contributed by atoms with Crippen molar-refractivity contribution in [2.75, 3.05) is 19.7 Å². The number of ketones is 1. The summed E-state index contributed by atoms with van der Waals surface area (Å²) in [4.78, 5) is 24.9. The Morgan fingerprint density at radius 3 is 2.36 bits per heavy atom. The molecular weight excluding hydrogens is 461 g/mol. The van der Waals surface area contributed by atoms with Crippen LogP contribution in [0.2, 0.25) is 0 Å². The van der Waals surface area contributed by atoms with Gasteiger partial charge in [-0.2, -0.15) is 17.5 Å². The van der Waals surface area contributed by atoms with Gasteiger partial charge in [0.2, 0.25) is 15.8 Å². The predicted molar refractivity (Wildman–Crippen MR) is 114 cm³/mol. The zero-order valence-corrected chi connectivity index (χ0v) is 19.1. The van der Waals surface area contributed by atoms with E-state index in [1.807, 2.05) is 0 Å². The average Bonchev–Trinajstić information content (AvgIpc) is 3.05. The summed E-state index contributed by atoms with van der Waals surface area (Å²) in [7, 11) is -3.75. The molecule has 0 spiro atoms. The molecule has 0 bridgehead atoms. The van der Waals surface area contributed by atoms with E-state index in [9.17, 15) is 31.2 Å². The molecule has 1 aromatic heterocycles. The monoisotopic (exact) mass is 486 g/mol. The summed E-state index contributed by atoms with van der Waals surface area (Å²) < 4.78 is 71.3. The first-order chi connectivity index (χ1) is 15.4. The number of rotatable bonds is 7. The third-order valence-corrected chi connectivity index (χ3v) is 7.46. The Kier molecular flexibility index (Phi) is 7.32. The lowest BCUT2D eigenvalue weighted by Gasteiger charge is -2.25. The molecule has 1 fully saturated rings. The van der Waals surface area contributed by atoms with Gasteiger partial charge in [0.1, 0.15) is 6.54 Å². The van der Waals surface area contributed by atoms with Gasteiger partial charge in [-0.25, -0.2) is 13.2 Å². The van der Waals surface area contributed by atoms with Crippen LogP contribution < -0.4 is 0 Å². The second kappa shape index (κ2) is 9.68. The van der Waals surface area contributed by atoms with E-state index in [1.165, 1.54) is 48.5 Å². The van der Waals surface area contributed by atoms with Crippen LogP contribution in [0.25, 0.3) is 0 Å². The zero-order chi connectivity index (χ0) is 24.4. The highest BCUT2D eigenvalue weighted by molar-refractivity contribution is 7.89. The van der Waals surface area contributed by atoms with Crippen molar-refractivity contribution in [3.05, 3.63) is 52.8 Å². The van der Waals surface area contributed by atoms with Crippen LogP contribution in [0.4, 0.5) is 13.2 Å². The second-order valence-corrected chi connectivity index (χ2v) is 9.92. The molecule has 180 valence electrons. The quantitative estimate of drug-likeness (QED) is 0.438. The molecule has 11 heteroatoms. The summed E-state index contributed by atoms with van der Waals surface area (Å²) >= 11 is 0. The van der Waals surface area contributed by atoms with Crippen molar-refractivity contribution < 1.29 is 35.9 Å². The number of halogens is 3. The number of hydrogen-bond acceptors (Lipinski definition) is 5. The minimum absolute atomic E-state index is 0.0333. The SMILES string of the molecule is Cc1cc(C(=O)COC(=O)c2cccc(S(=O)(=O)N3CCCCC3)c2)c(C)n1CC(F)(F)F. The van der Waals surface area contributed by atoms with Crippen LogP contribution in [0.3, 0.4) is 0 Å². The maximum atomic E-state index is 12.8. The maximum Gasteiger partial charge on any atom is 0.406 e. The molecule has 3 rings (SSSR count). The van der Waals surface area contributed by atoms with Gasteiger partial charge in [-0.05, 0) is 51.0 Å². The van der Waals surface area contributed by atoms with E-state index < -0.39 is 41.1 Å². The molecule has 1 aliphatic rings. The van der Waals surface area contributed by atoms with E-state index in [4.69, 9.17) is 4.74 Å². The smallest absolute Gasteiger partial charge is 0.406 e. The number of carbonyl (C=O) groups is 2. The van der Waals surface area contributed by atoms with Gasteiger partial charge in [0, 0.05) is 30.0 Å². The molecule has 0 unspecified atom stereocenters. The zero-order valence-electron chi connectivity index (χ0n) is 18.3. The number of benzene rings is 1. The highest BCUT2D eigenvalue weighted by atomic mass is 32.2. The highest BCUT2D eigenvalue weighted by Gasteiger charge is 2.31. The van der Waals surface area contributed by atoms with Gasteiger partial charge in [0.15, 0.2) is 6.61 Å². The standard InChI is InChI=1S/C22H25F3N2O5S/c1-15-11-19(16(2)27(15)14-22(23,24)25)20(28)13-32-21(29)17-7-6-8-18(12-17)33(30,31)26-9-4-3-5-10-26/h6-8,11-12H,3-5,9-10,13-14H2,1-2H3. The number of Topliss-reactive ketones (excluding diaryl/α,β-unsaturated/α-hetero) is 1. The Morgan fingerprint density at radius 2 is 1.73 bits per heavy atom. The minimum Gasteiger partial charge on any atom is -0.454 e. The van der Waals surface area contributed by atoms with E-state index in [-0.39, 0.29) is 27.4 Å². The van der Waals surface area contributed by atoms with E-state index in [0.29, 0.717) is 13.1 Å². The van der Waals surface area contributed by atoms with Gasteiger partial charge in [0.25, 0.3) is 0 Å². The first-order valence-corrected chi connectivity index (χ1v) is 11.9. The number of piperidine rings is 1. The van der Waals surface area contributed by atoms with Crippen LogP contribution in [-0.4, -0.2) is 54.9 Å². The van der Waals surface area contributed by atoms with Crippen molar-refractivity contribution in [2.45, 2.75) is 50.7 Å². The molecule has 1 aromatic carbocycles. The molecule has 1 aliphatic heterocycles. The fourth-order valence-corrected chi connectivity index (χ4v) is 5.40. The number of sulfonamides is 1. The van der Waals surface area contributed by atoms with E-state index in [1.54, 1.807) is 0 Å². The highest BCUT2D eigenvalue weighted by Crippen LogP contribution is 2.24. The first-order valence-electron chi connectivity index (χ1n) is 10.4. The number of ether oxygens (including phenoxy) is 1. The molecule has 0 aliphatic carbocycles. The number of aromatic nitrogens is 1. The molecule has 0 N–H and O–H groups in total. The number of hydrogen-bond donors (Lipinski definition) is 0. The Balaban J connectivity index is 1.70.